The maximum Gasteiger partial charge on any atom is 0.245 e. The maximum atomic E-state index is 12.3. The summed E-state index contributed by atoms with van der Waals surface area (Å²) in [6.07, 6.45) is 4.00. The van der Waals surface area contributed by atoms with E-state index in [1.54, 1.807) is 0 Å². The Labute approximate surface area is 96.0 Å². The van der Waals surface area contributed by atoms with Crippen LogP contribution in [0.2, 0.25) is 0 Å². The first-order chi connectivity index (χ1) is 7.74. The van der Waals surface area contributed by atoms with Crippen LogP contribution in [-0.4, -0.2) is 30.5 Å². The summed E-state index contributed by atoms with van der Waals surface area (Å²) in [6.45, 7) is 2.94. The molecular weight excluding hydrogens is 202 g/mol. The first kappa shape index (κ1) is 11.2. The van der Waals surface area contributed by atoms with Gasteiger partial charge in [-0.2, -0.15) is 0 Å². The second kappa shape index (κ2) is 4.70. The average Bonchev–Trinajstić information content (AvgIpc) is 2.74. The van der Waals surface area contributed by atoms with E-state index in [9.17, 15) is 4.79 Å². The Morgan fingerprint density at radius 1 is 1.56 bits per heavy atom. The van der Waals surface area contributed by atoms with Crippen molar-refractivity contribution < 1.29 is 4.79 Å². The van der Waals surface area contributed by atoms with Crippen LogP contribution < -0.4 is 10.2 Å². The van der Waals surface area contributed by atoms with E-state index in [2.05, 4.69) is 17.2 Å². The highest BCUT2D eigenvalue weighted by Crippen LogP contribution is 2.22. The molecule has 0 bridgehead atoms. The lowest BCUT2D eigenvalue weighted by Crippen LogP contribution is -2.47. The molecule has 2 heterocycles. The number of hydrogen-bond donors (Lipinski definition) is 2. The van der Waals surface area contributed by atoms with Gasteiger partial charge < -0.3 is 10.3 Å². The number of nitrogens with one attached hydrogen (secondary N) is 2. The van der Waals surface area contributed by atoms with E-state index in [0.29, 0.717) is 5.92 Å². The molecule has 0 radical (unpaired) electrons. The van der Waals surface area contributed by atoms with Crippen LogP contribution in [-0.2, 0) is 4.79 Å². The summed E-state index contributed by atoms with van der Waals surface area (Å²) in [5.74, 6) is 1.48. The first-order valence-electron chi connectivity index (χ1n) is 5.86. The summed E-state index contributed by atoms with van der Waals surface area (Å²) in [6, 6.07) is 3.80. The number of H-pyrrole nitrogens is 1. The minimum Gasteiger partial charge on any atom is -0.348 e. The molecule has 0 saturated carbocycles. The van der Waals surface area contributed by atoms with Gasteiger partial charge in [-0.15, -0.1) is 0 Å². The molecule has 16 heavy (non-hydrogen) atoms. The van der Waals surface area contributed by atoms with Gasteiger partial charge in [0, 0.05) is 12.7 Å². The summed E-state index contributed by atoms with van der Waals surface area (Å²) in [5.41, 5.74) is 0. The number of nitrogens with zero attached hydrogens (tertiary/aromatic N) is 1. The quantitative estimate of drug-likeness (QED) is 0.792. The van der Waals surface area contributed by atoms with E-state index in [-0.39, 0.29) is 11.9 Å². The summed E-state index contributed by atoms with van der Waals surface area (Å²) in [7, 11) is 1.86. The summed E-state index contributed by atoms with van der Waals surface area (Å²) in [4.78, 5) is 17.3. The van der Waals surface area contributed by atoms with Crippen molar-refractivity contribution in [1.29, 1.82) is 0 Å². The molecule has 88 valence electrons. The minimum atomic E-state index is -0.0641. The van der Waals surface area contributed by atoms with Gasteiger partial charge >= 0.3 is 0 Å². The molecular formula is C12H19N3O. The number of aromatic amines is 1. The Morgan fingerprint density at radius 3 is 3.00 bits per heavy atom. The SMILES string of the molecule is CNC1C(=O)N(c2ccc[nH]2)CCCC1C. The van der Waals surface area contributed by atoms with Gasteiger partial charge in [0.15, 0.2) is 0 Å². The number of carbonyl (C=O) groups excluding carboxylic acids is 1. The molecule has 0 spiro atoms. The molecule has 0 aliphatic carbocycles. The zero-order valence-electron chi connectivity index (χ0n) is 9.86. The van der Waals surface area contributed by atoms with Gasteiger partial charge in [0.25, 0.3) is 0 Å². The van der Waals surface area contributed by atoms with Gasteiger partial charge in [0.1, 0.15) is 5.82 Å². The highest BCUT2D eigenvalue weighted by atomic mass is 16.2. The minimum absolute atomic E-state index is 0.0641. The Morgan fingerprint density at radius 2 is 2.38 bits per heavy atom. The number of carbonyl (C=O) groups is 1. The summed E-state index contributed by atoms with van der Waals surface area (Å²) < 4.78 is 0. The van der Waals surface area contributed by atoms with Gasteiger partial charge in [-0.25, -0.2) is 0 Å². The third-order valence-corrected chi connectivity index (χ3v) is 3.33. The molecule has 1 amide bonds. The fraction of sp³-hybridized carbons (Fsp3) is 0.583. The van der Waals surface area contributed by atoms with Crippen molar-refractivity contribution in [3.63, 3.8) is 0 Å². The Bertz CT molecular complexity index is 347. The van der Waals surface area contributed by atoms with E-state index in [1.165, 1.54) is 0 Å². The number of aromatic nitrogens is 1. The number of rotatable bonds is 2. The fourth-order valence-electron chi connectivity index (χ4n) is 2.40. The van der Waals surface area contributed by atoms with Crippen LogP contribution >= 0.6 is 0 Å². The van der Waals surface area contributed by atoms with Crippen molar-refractivity contribution in [1.82, 2.24) is 10.3 Å². The molecule has 0 aromatic carbocycles. The highest BCUT2D eigenvalue weighted by Gasteiger charge is 2.31. The monoisotopic (exact) mass is 221 g/mol. The molecule has 1 aliphatic rings. The molecule has 1 fully saturated rings. The van der Waals surface area contributed by atoms with Gasteiger partial charge in [-0.1, -0.05) is 6.92 Å². The molecule has 4 nitrogen and oxygen atoms in total. The molecule has 2 N–H and O–H groups in total. The lowest BCUT2D eigenvalue weighted by Gasteiger charge is -2.25. The van der Waals surface area contributed by atoms with E-state index in [1.807, 2.05) is 30.3 Å². The zero-order chi connectivity index (χ0) is 11.5. The smallest absolute Gasteiger partial charge is 0.245 e. The van der Waals surface area contributed by atoms with Crippen molar-refractivity contribution in [2.24, 2.45) is 5.92 Å². The van der Waals surface area contributed by atoms with E-state index >= 15 is 0 Å². The number of hydrogen-bond acceptors (Lipinski definition) is 2. The van der Waals surface area contributed by atoms with Crippen molar-refractivity contribution >= 4 is 11.7 Å². The van der Waals surface area contributed by atoms with Crippen LogP contribution in [0.5, 0.6) is 0 Å². The van der Waals surface area contributed by atoms with Crippen LogP contribution in [0.25, 0.3) is 0 Å². The van der Waals surface area contributed by atoms with Crippen molar-refractivity contribution in [3.8, 4) is 0 Å². The topological polar surface area (TPSA) is 48.1 Å². The fourth-order valence-corrected chi connectivity index (χ4v) is 2.40. The predicted molar refractivity (Wildman–Crippen MR) is 64.4 cm³/mol. The Kier molecular flexibility index (Phi) is 3.29. The number of amides is 1. The third-order valence-electron chi connectivity index (χ3n) is 3.33. The van der Waals surface area contributed by atoms with E-state index in [4.69, 9.17) is 0 Å². The summed E-state index contributed by atoms with van der Waals surface area (Å²) >= 11 is 0. The summed E-state index contributed by atoms with van der Waals surface area (Å²) in [5, 5.41) is 3.13. The second-order valence-corrected chi connectivity index (χ2v) is 4.43. The van der Waals surface area contributed by atoms with Gasteiger partial charge in [-0.3, -0.25) is 9.69 Å². The maximum absolute atomic E-state index is 12.3. The molecule has 1 aromatic heterocycles. The Balaban J connectivity index is 2.23. The first-order valence-corrected chi connectivity index (χ1v) is 5.86. The van der Waals surface area contributed by atoms with Crippen LogP contribution in [0.3, 0.4) is 0 Å². The van der Waals surface area contributed by atoms with Gasteiger partial charge in [0.2, 0.25) is 5.91 Å². The van der Waals surface area contributed by atoms with Gasteiger partial charge in [0.05, 0.1) is 6.04 Å². The lowest BCUT2D eigenvalue weighted by molar-refractivity contribution is -0.121. The van der Waals surface area contributed by atoms with Crippen LogP contribution in [0.1, 0.15) is 19.8 Å². The molecule has 1 saturated heterocycles. The second-order valence-electron chi connectivity index (χ2n) is 4.43. The van der Waals surface area contributed by atoms with Crippen molar-refractivity contribution in [3.05, 3.63) is 18.3 Å². The van der Waals surface area contributed by atoms with Crippen LogP contribution in [0.4, 0.5) is 5.82 Å². The predicted octanol–water partition coefficient (Wildman–Crippen LogP) is 1.37. The molecule has 2 rings (SSSR count). The molecule has 2 unspecified atom stereocenters. The van der Waals surface area contributed by atoms with Crippen molar-refractivity contribution in [2.75, 3.05) is 18.5 Å². The molecule has 4 heteroatoms. The number of likely N-dealkylation sites (N-methyl/N-ethyl adjacent to an activating group) is 1. The van der Waals surface area contributed by atoms with E-state index < -0.39 is 0 Å². The number of anilines is 1. The van der Waals surface area contributed by atoms with Crippen molar-refractivity contribution in [2.45, 2.75) is 25.8 Å². The highest BCUT2D eigenvalue weighted by molar-refractivity contribution is 5.96. The average molecular weight is 221 g/mol. The van der Waals surface area contributed by atoms with E-state index in [0.717, 1.165) is 25.2 Å². The normalized spacial score (nSPS) is 26.9. The third kappa shape index (κ3) is 1.97. The lowest BCUT2D eigenvalue weighted by atomic mass is 9.98. The standard InChI is InChI=1S/C12H19N3O/c1-9-5-4-8-15(10-6-3-7-14-10)12(16)11(9)13-2/h3,6-7,9,11,13-14H,4-5,8H2,1-2H3. The zero-order valence-corrected chi connectivity index (χ0v) is 9.86. The van der Waals surface area contributed by atoms with Crippen LogP contribution in [0.15, 0.2) is 18.3 Å². The molecule has 2 atom stereocenters. The molecule has 1 aliphatic heterocycles. The van der Waals surface area contributed by atoms with Crippen LogP contribution in [0, 0.1) is 5.92 Å². The molecule has 1 aromatic rings. The Hall–Kier alpha value is -1.29. The largest absolute Gasteiger partial charge is 0.348 e. The van der Waals surface area contributed by atoms with Gasteiger partial charge in [-0.05, 0) is 37.9 Å².